The van der Waals surface area contributed by atoms with Gasteiger partial charge in [0.1, 0.15) is 0 Å². The van der Waals surface area contributed by atoms with Crippen molar-refractivity contribution >= 4 is 11.3 Å². The first-order chi connectivity index (χ1) is 24.8. The van der Waals surface area contributed by atoms with Gasteiger partial charge >= 0.3 is 341 Å². The molecule has 1 atom stereocenters. The third-order valence-electron chi connectivity index (χ3n) is 12.2. The summed E-state index contributed by atoms with van der Waals surface area (Å²) in [7, 11) is -1.58. The van der Waals surface area contributed by atoms with Crippen LogP contribution in [0.3, 0.4) is 0 Å². The summed E-state index contributed by atoms with van der Waals surface area (Å²) in [6.07, 6.45) is 2.70. The van der Waals surface area contributed by atoms with Crippen molar-refractivity contribution < 1.29 is 46.1 Å². The molecule has 0 aliphatic heterocycles. The van der Waals surface area contributed by atoms with E-state index in [1.54, 1.807) is 28.4 Å². The minimum atomic E-state index is -2.99. The zero-order chi connectivity index (χ0) is 39.9. The summed E-state index contributed by atoms with van der Waals surface area (Å²) in [5.74, 6) is 0.439. The summed E-state index contributed by atoms with van der Waals surface area (Å²) < 4.78 is 3.82. The number of allylic oxidation sites excluding steroid dienone is 4. The van der Waals surface area contributed by atoms with Gasteiger partial charge in [0.2, 0.25) is 0 Å². The minimum Gasteiger partial charge on any atom is -1.00 e. The first-order valence-corrected chi connectivity index (χ1v) is 27.9. The second-order valence-corrected chi connectivity index (χ2v) is 32.7. The molecule has 0 fully saturated rings. The molecule has 0 saturated heterocycles. The van der Waals surface area contributed by atoms with Gasteiger partial charge in [-0.2, -0.15) is 0 Å². The molecule has 0 amide bonds. The smallest absolute Gasteiger partial charge is 1.00 e. The van der Waals surface area contributed by atoms with Gasteiger partial charge in [-0.3, -0.25) is 0 Å². The predicted molar refractivity (Wildman–Crippen MR) is 238 cm³/mol. The molecular weight excluding hydrogens is 815 g/mol. The first kappa shape index (κ1) is 46.6. The quantitative estimate of drug-likeness (QED) is 0.177. The summed E-state index contributed by atoms with van der Waals surface area (Å²) >= 11 is -2.99. The van der Waals surface area contributed by atoms with Gasteiger partial charge in [-0.1, -0.05) is 0 Å². The van der Waals surface area contributed by atoms with E-state index in [0.29, 0.717) is 9.54 Å². The summed E-state index contributed by atoms with van der Waals surface area (Å²) in [6.45, 7) is 40.9. The molecular formula is C52H68Cl2SiZr. The Balaban J connectivity index is 0.00000348. The molecule has 4 aromatic rings. The Morgan fingerprint density at radius 1 is 0.518 bits per heavy atom. The molecule has 56 heavy (non-hydrogen) atoms. The van der Waals surface area contributed by atoms with Crippen LogP contribution in [0.1, 0.15) is 145 Å². The maximum atomic E-state index is 2.70. The van der Waals surface area contributed by atoms with E-state index in [4.69, 9.17) is 0 Å². The summed E-state index contributed by atoms with van der Waals surface area (Å²) in [5, 5.41) is 1.68. The molecule has 0 spiro atoms. The molecule has 2 aliphatic carbocycles. The molecule has 0 N–H and O–H groups in total. The van der Waals surface area contributed by atoms with Crippen molar-refractivity contribution in [1.82, 2.24) is 0 Å². The molecule has 0 saturated carbocycles. The van der Waals surface area contributed by atoms with Crippen LogP contribution in [0.15, 0.2) is 105 Å². The third kappa shape index (κ3) is 9.05. The summed E-state index contributed by atoms with van der Waals surface area (Å²) in [6, 6.07) is 34.8. The standard InChI is InChI=1S/C21H25.C21H26.C10H17Si.2ClH.Zr/c1-20(2,3)16-9-7-14-11-15-8-10-17(21(4,5)6)13-19(15)18(14)12-16;1-20(2,3)18-11-7-16(8-12-18)15-17-9-13-19(14-10-17)21(4,5)6;1-8-6-9(2)10(7-8)11(3,4)5;;;/h7-13H,1-6H3;7-14H,1-6H3;7-8H,1-5H3;2*1H;/q;;;;;+2/p-2. The van der Waals surface area contributed by atoms with Crippen molar-refractivity contribution in [2.75, 3.05) is 0 Å². The molecule has 0 radical (unpaired) electrons. The molecule has 0 heterocycles. The SMILES string of the molecule is CC1=[C]([Zr+2](=[C](c2ccc(C(C)(C)C)cc2)c2ccc(C(C)(C)C)cc2)[CH]2c3ccc(C(C)(C)C)cc3-c3cc(C(C)(C)C)ccc32)C(C)C=C1[Si](C)(C)C.[Cl-].[Cl-]. The van der Waals surface area contributed by atoms with Gasteiger partial charge in [-0.15, -0.1) is 0 Å². The monoisotopic (exact) mass is 880 g/mol. The van der Waals surface area contributed by atoms with Crippen LogP contribution in [-0.2, 0) is 42.9 Å². The van der Waals surface area contributed by atoms with Gasteiger partial charge in [0, 0.05) is 0 Å². The Morgan fingerprint density at radius 3 is 1.16 bits per heavy atom. The van der Waals surface area contributed by atoms with Crippen LogP contribution in [0, 0.1) is 5.92 Å². The van der Waals surface area contributed by atoms with Gasteiger partial charge in [0.25, 0.3) is 0 Å². The van der Waals surface area contributed by atoms with Crippen molar-refractivity contribution in [2.24, 2.45) is 5.92 Å². The van der Waals surface area contributed by atoms with Crippen LogP contribution in [-0.4, -0.2) is 11.3 Å². The van der Waals surface area contributed by atoms with E-state index in [2.05, 4.69) is 208 Å². The molecule has 0 bridgehead atoms. The summed E-state index contributed by atoms with van der Waals surface area (Å²) in [5.41, 5.74) is 16.5. The van der Waals surface area contributed by atoms with Crippen LogP contribution < -0.4 is 24.8 Å². The maximum absolute atomic E-state index is 2.99. The zero-order valence-corrected chi connectivity index (χ0v) is 42.5. The van der Waals surface area contributed by atoms with Crippen LogP contribution in [0.4, 0.5) is 0 Å². The van der Waals surface area contributed by atoms with Gasteiger partial charge in [0.05, 0.1) is 0 Å². The fourth-order valence-corrected chi connectivity index (χ4v) is 21.2. The van der Waals surface area contributed by atoms with Crippen molar-refractivity contribution in [1.29, 1.82) is 0 Å². The number of halogens is 2. The fraction of sp³-hybridized carbons (Fsp3) is 0.442. The van der Waals surface area contributed by atoms with E-state index < -0.39 is 29.3 Å². The van der Waals surface area contributed by atoms with Gasteiger partial charge in [0.15, 0.2) is 0 Å². The van der Waals surface area contributed by atoms with Crippen molar-refractivity contribution in [3.8, 4) is 11.1 Å². The minimum absolute atomic E-state index is 0. The number of rotatable bonds is 5. The Labute approximate surface area is 363 Å². The van der Waals surface area contributed by atoms with Gasteiger partial charge in [-0.05, 0) is 0 Å². The van der Waals surface area contributed by atoms with Crippen LogP contribution in [0.5, 0.6) is 0 Å². The fourth-order valence-electron chi connectivity index (χ4n) is 8.88. The van der Waals surface area contributed by atoms with E-state index in [9.17, 15) is 0 Å². The second-order valence-electron chi connectivity index (χ2n) is 21.6. The van der Waals surface area contributed by atoms with Crippen molar-refractivity contribution in [3.63, 3.8) is 0 Å². The van der Waals surface area contributed by atoms with E-state index in [-0.39, 0.29) is 46.5 Å². The normalized spacial score (nSPS) is 16.0. The summed E-state index contributed by atoms with van der Waals surface area (Å²) in [4.78, 5) is 0. The molecule has 4 aromatic carbocycles. The van der Waals surface area contributed by atoms with E-state index in [1.165, 1.54) is 44.5 Å². The Kier molecular flexibility index (Phi) is 13.5. The first-order valence-electron chi connectivity index (χ1n) is 20.5. The molecule has 2 aliphatic rings. The van der Waals surface area contributed by atoms with E-state index in [0.717, 1.165) is 0 Å². The number of benzene rings is 4. The predicted octanol–water partition coefficient (Wildman–Crippen LogP) is 8.57. The van der Waals surface area contributed by atoms with Crippen LogP contribution >= 0.6 is 0 Å². The Hall–Kier alpha value is -2.09. The van der Waals surface area contributed by atoms with Gasteiger partial charge < -0.3 is 24.8 Å². The Bertz CT molecular complexity index is 2060. The molecule has 4 heteroatoms. The average Bonchev–Trinajstić information content (AvgIpc) is 3.54. The largest absolute Gasteiger partial charge is 1.00 e. The average molecular weight is 883 g/mol. The van der Waals surface area contributed by atoms with Crippen LogP contribution in [0.25, 0.3) is 11.1 Å². The van der Waals surface area contributed by atoms with E-state index >= 15 is 0 Å². The third-order valence-corrected chi connectivity index (χ3v) is 23.5. The molecule has 0 nitrogen and oxygen atoms in total. The maximum Gasteiger partial charge on any atom is -1.00 e. The zero-order valence-electron chi connectivity index (χ0n) is 37.6. The van der Waals surface area contributed by atoms with Crippen molar-refractivity contribution in [3.05, 3.63) is 150 Å². The second kappa shape index (κ2) is 16.2. The molecule has 298 valence electrons. The number of hydrogen-bond donors (Lipinski definition) is 0. The van der Waals surface area contributed by atoms with Crippen LogP contribution in [0.2, 0.25) is 19.6 Å². The molecule has 0 aromatic heterocycles. The molecule has 6 rings (SSSR count). The topological polar surface area (TPSA) is 0 Å². The Morgan fingerprint density at radius 2 is 0.857 bits per heavy atom. The van der Waals surface area contributed by atoms with E-state index in [1.807, 2.05) is 0 Å². The van der Waals surface area contributed by atoms with Gasteiger partial charge in [-0.25, -0.2) is 0 Å². The number of hydrogen-bond acceptors (Lipinski definition) is 0. The molecule has 1 unspecified atom stereocenters. The number of fused-ring (bicyclic) bond motifs is 3. The van der Waals surface area contributed by atoms with Crippen molar-refractivity contribution in [2.45, 2.75) is 142 Å².